The largest absolute Gasteiger partial charge is 0.403 e. The van der Waals surface area contributed by atoms with Gasteiger partial charge in [0.05, 0.1) is 21.1 Å². The molecule has 3 rings (SSSR count). The second-order valence-electron chi connectivity index (χ2n) is 7.88. The molecule has 30 heavy (non-hydrogen) atoms. The van der Waals surface area contributed by atoms with E-state index in [1.165, 1.54) is 30.0 Å². The Bertz CT molecular complexity index is 1100. The average molecular weight is 426 g/mol. The zero-order chi connectivity index (χ0) is 22.1. The minimum atomic E-state index is -0.793. The van der Waals surface area contributed by atoms with E-state index in [0.717, 1.165) is 10.5 Å². The first kappa shape index (κ1) is 21.6. The summed E-state index contributed by atoms with van der Waals surface area (Å²) < 4.78 is 7.38. The number of ether oxygens (including phenoxy) is 1. The number of carbonyl (C=O) groups excluding carboxylic acids is 1. The molecule has 2 aromatic carbocycles. The summed E-state index contributed by atoms with van der Waals surface area (Å²) in [5.74, 6) is -0.521. The Labute approximate surface area is 179 Å². The molecule has 0 bridgehead atoms. The number of hydrogen-bond acceptors (Lipinski definition) is 6. The normalized spacial score (nSPS) is 11.4. The molecule has 0 unspecified atom stereocenters. The van der Waals surface area contributed by atoms with E-state index in [9.17, 15) is 14.9 Å². The molecule has 0 radical (unpaired) electrons. The Morgan fingerprint density at radius 1 is 1.10 bits per heavy atom. The summed E-state index contributed by atoms with van der Waals surface area (Å²) in [6.45, 7) is 9.70. The number of aryl methyl sites for hydroxylation is 2. The van der Waals surface area contributed by atoms with Crippen LogP contribution < -0.4 is 4.74 Å². The molecule has 0 aliphatic carbocycles. The van der Waals surface area contributed by atoms with Crippen LogP contribution >= 0.6 is 11.8 Å². The highest BCUT2D eigenvalue weighted by Crippen LogP contribution is 2.40. The van der Waals surface area contributed by atoms with Crippen molar-refractivity contribution in [3.05, 3.63) is 75.5 Å². The number of benzene rings is 2. The lowest BCUT2D eigenvalue weighted by Crippen LogP contribution is -2.25. The second kappa shape index (κ2) is 8.31. The first-order valence-corrected chi connectivity index (χ1v) is 10.2. The molecule has 0 amide bonds. The van der Waals surface area contributed by atoms with Gasteiger partial charge in [0.15, 0.2) is 0 Å². The molecule has 7 nitrogen and oxygen atoms in total. The van der Waals surface area contributed by atoms with Crippen LogP contribution in [0.1, 0.15) is 42.4 Å². The van der Waals surface area contributed by atoms with Crippen LogP contribution in [-0.2, 0) is 5.54 Å². The van der Waals surface area contributed by atoms with E-state index >= 15 is 0 Å². The number of para-hydroxylation sites is 1. The van der Waals surface area contributed by atoms with E-state index in [2.05, 4.69) is 5.10 Å². The Morgan fingerprint density at radius 2 is 1.73 bits per heavy atom. The first-order chi connectivity index (χ1) is 14.1. The fourth-order valence-corrected chi connectivity index (χ4v) is 3.74. The van der Waals surface area contributed by atoms with Gasteiger partial charge in [0.1, 0.15) is 5.56 Å². The van der Waals surface area contributed by atoms with Crippen LogP contribution in [0, 0.1) is 24.0 Å². The number of hydrogen-bond donors (Lipinski definition) is 0. The SMILES string of the molecule is Cc1ccc(Sc2c(C)nn(C(C)(C)C)c2OC(=O)c2ccccc2[N+](=O)[O-])cc1. The van der Waals surface area contributed by atoms with Crippen molar-refractivity contribution in [3.8, 4) is 5.88 Å². The van der Waals surface area contributed by atoms with Gasteiger partial charge in [0.2, 0.25) is 5.88 Å². The maximum absolute atomic E-state index is 12.9. The summed E-state index contributed by atoms with van der Waals surface area (Å²) in [6.07, 6.45) is 0. The molecule has 1 heterocycles. The van der Waals surface area contributed by atoms with Gasteiger partial charge in [0, 0.05) is 11.0 Å². The van der Waals surface area contributed by atoms with Crippen LogP contribution in [0.4, 0.5) is 5.69 Å². The van der Waals surface area contributed by atoms with Crippen molar-refractivity contribution >= 4 is 23.4 Å². The van der Waals surface area contributed by atoms with Gasteiger partial charge < -0.3 is 4.74 Å². The molecule has 3 aromatic rings. The van der Waals surface area contributed by atoms with Gasteiger partial charge in [-0.2, -0.15) is 5.10 Å². The van der Waals surface area contributed by atoms with Crippen LogP contribution in [0.2, 0.25) is 0 Å². The lowest BCUT2D eigenvalue weighted by atomic mass is 10.1. The Kier molecular flexibility index (Phi) is 5.98. The smallest absolute Gasteiger partial charge is 0.351 e. The number of aromatic nitrogens is 2. The summed E-state index contributed by atoms with van der Waals surface area (Å²) >= 11 is 1.44. The van der Waals surface area contributed by atoms with E-state index in [0.29, 0.717) is 10.6 Å². The molecule has 0 fully saturated rings. The summed E-state index contributed by atoms with van der Waals surface area (Å²) in [5, 5.41) is 15.9. The molecular weight excluding hydrogens is 402 g/mol. The Balaban J connectivity index is 2.05. The van der Waals surface area contributed by atoms with E-state index in [-0.39, 0.29) is 17.1 Å². The molecule has 0 N–H and O–H groups in total. The van der Waals surface area contributed by atoms with Gasteiger partial charge in [0.25, 0.3) is 5.69 Å². The zero-order valence-corrected chi connectivity index (χ0v) is 18.3. The van der Waals surface area contributed by atoms with E-state index in [1.807, 2.05) is 58.9 Å². The molecule has 8 heteroatoms. The van der Waals surface area contributed by atoms with Crippen LogP contribution in [-0.4, -0.2) is 20.7 Å². The second-order valence-corrected chi connectivity index (χ2v) is 8.96. The number of rotatable bonds is 5. The van der Waals surface area contributed by atoms with Gasteiger partial charge >= 0.3 is 5.97 Å². The maximum Gasteiger partial charge on any atom is 0.351 e. The third kappa shape index (κ3) is 4.54. The van der Waals surface area contributed by atoms with Crippen molar-refractivity contribution in [2.45, 2.75) is 49.9 Å². The van der Waals surface area contributed by atoms with E-state index < -0.39 is 16.4 Å². The van der Waals surface area contributed by atoms with Crippen molar-refractivity contribution in [3.63, 3.8) is 0 Å². The first-order valence-electron chi connectivity index (χ1n) is 9.38. The summed E-state index contributed by atoms with van der Waals surface area (Å²) in [7, 11) is 0. The molecule has 0 saturated heterocycles. The molecule has 156 valence electrons. The van der Waals surface area contributed by atoms with Crippen LogP contribution in [0.15, 0.2) is 58.3 Å². The van der Waals surface area contributed by atoms with E-state index in [1.54, 1.807) is 10.7 Å². The van der Waals surface area contributed by atoms with Gasteiger partial charge in [-0.25, -0.2) is 9.48 Å². The van der Waals surface area contributed by atoms with Crippen molar-refractivity contribution in [1.29, 1.82) is 0 Å². The number of nitro benzene ring substituents is 1. The minimum absolute atomic E-state index is 0.104. The van der Waals surface area contributed by atoms with Crippen LogP contribution in [0.5, 0.6) is 5.88 Å². The minimum Gasteiger partial charge on any atom is -0.403 e. The van der Waals surface area contributed by atoms with Gasteiger partial charge in [-0.3, -0.25) is 10.1 Å². The predicted molar refractivity (Wildman–Crippen MR) is 115 cm³/mol. The Morgan fingerprint density at radius 3 is 2.33 bits per heavy atom. The molecule has 0 atom stereocenters. The van der Waals surface area contributed by atoms with Crippen LogP contribution in [0.25, 0.3) is 0 Å². The van der Waals surface area contributed by atoms with Crippen LogP contribution in [0.3, 0.4) is 0 Å². The zero-order valence-electron chi connectivity index (χ0n) is 17.5. The van der Waals surface area contributed by atoms with Crippen molar-refractivity contribution in [2.75, 3.05) is 0 Å². The summed E-state index contributed by atoms with van der Waals surface area (Å²) in [4.78, 5) is 25.3. The van der Waals surface area contributed by atoms with Crippen molar-refractivity contribution in [2.24, 2.45) is 0 Å². The highest BCUT2D eigenvalue weighted by atomic mass is 32.2. The number of carbonyl (C=O) groups is 1. The third-order valence-electron chi connectivity index (χ3n) is 4.35. The highest BCUT2D eigenvalue weighted by molar-refractivity contribution is 7.99. The van der Waals surface area contributed by atoms with Gasteiger partial charge in [-0.15, -0.1) is 0 Å². The quantitative estimate of drug-likeness (QED) is 0.303. The van der Waals surface area contributed by atoms with Crippen molar-refractivity contribution < 1.29 is 14.5 Å². The van der Waals surface area contributed by atoms with Gasteiger partial charge in [-0.1, -0.05) is 41.6 Å². The Hall–Kier alpha value is -3.13. The molecule has 0 saturated carbocycles. The summed E-state index contributed by atoms with van der Waals surface area (Å²) in [6, 6.07) is 13.7. The molecule has 1 aromatic heterocycles. The number of nitro groups is 1. The highest BCUT2D eigenvalue weighted by Gasteiger charge is 2.29. The van der Waals surface area contributed by atoms with E-state index in [4.69, 9.17) is 4.74 Å². The van der Waals surface area contributed by atoms with Gasteiger partial charge in [-0.05, 0) is 52.8 Å². The lowest BCUT2D eigenvalue weighted by Gasteiger charge is -2.22. The standard InChI is InChI=1S/C22H23N3O4S/c1-14-10-12-16(13-11-14)30-19-15(2)23-24(22(3,4)5)20(19)29-21(26)17-8-6-7-9-18(17)25(27)28/h6-13H,1-5H3. The summed E-state index contributed by atoms with van der Waals surface area (Å²) in [5.41, 5.74) is 0.988. The topological polar surface area (TPSA) is 87.3 Å². The predicted octanol–water partition coefficient (Wildman–Crippen LogP) is 5.53. The third-order valence-corrected chi connectivity index (χ3v) is 5.53. The number of nitrogens with zero attached hydrogens (tertiary/aromatic N) is 3. The average Bonchev–Trinajstić information content (AvgIpc) is 2.99. The monoisotopic (exact) mass is 425 g/mol. The molecular formula is C22H23N3O4S. The maximum atomic E-state index is 12.9. The van der Waals surface area contributed by atoms with Crippen molar-refractivity contribution in [1.82, 2.24) is 9.78 Å². The fourth-order valence-electron chi connectivity index (χ4n) is 2.83. The number of esters is 1. The molecule has 0 spiro atoms. The fraction of sp³-hybridized carbons (Fsp3) is 0.273. The molecule has 0 aliphatic heterocycles. The molecule has 0 aliphatic rings. The lowest BCUT2D eigenvalue weighted by molar-refractivity contribution is -0.385.